The van der Waals surface area contributed by atoms with Gasteiger partial charge < -0.3 is 9.64 Å². The van der Waals surface area contributed by atoms with Crippen molar-refractivity contribution in [2.45, 2.75) is 40.3 Å². The van der Waals surface area contributed by atoms with E-state index in [0.717, 1.165) is 5.56 Å². The maximum absolute atomic E-state index is 12.8. The van der Waals surface area contributed by atoms with Crippen molar-refractivity contribution in [3.8, 4) is 0 Å². The first-order valence-electron chi connectivity index (χ1n) is 8.98. The number of hydrogen-bond donors (Lipinski definition) is 0. The average Bonchev–Trinajstić information content (AvgIpc) is 2.62. The zero-order valence-electron chi connectivity index (χ0n) is 16.1. The summed E-state index contributed by atoms with van der Waals surface area (Å²) in [6.45, 7) is 8.52. The Morgan fingerprint density at radius 1 is 1.12 bits per heavy atom. The van der Waals surface area contributed by atoms with Crippen molar-refractivity contribution in [3.63, 3.8) is 0 Å². The quantitative estimate of drug-likeness (QED) is 0.377. The van der Waals surface area contributed by atoms with Crippen molar-refractivity contribution in [1.82, 2.24) is 4.90 Å². The van der Waals surface area contributed by atoms with Crippen molar-refractivity contribution in [3.05, 3.63) is 72.4 Å². The Kier molecular flexibility index (Phi) is 9.77. The lowest BCUT2D eigenvalue weighted by Crippen LogP contribution is -2.41. The molecule has 0 aliphatic carbocycles. The van der Waals surface area contributed by atoms with Gasteiger partial charge in [-0.1, -0.05) is 68.5 Å². The van der Waals surface area contributed by atoms with Gasteiger partial charge in [-0.3, -0.25) is 4.79 Å². The highest BCUT2D eigenvalue weighted by Gasteiger charge is 2.23. The first-order valence-corrected chi connectivity index (χ1v) is 8.98. The van der Waals surface area contributed by atoms with E-state index in [1.54, 1.807) is 30.1 Å². The summed E-state index contributed by atoms with van der Waals surface area (Å²) in [7, 11) is 0. The fourth-order valence-electron chi connectivity index (χ4n) is 2.51. The summed E-state index contributed by atoms with van der Waals surface area (Å²) in [6, 6.07) is 9.61. The molecule has 0 N–H and O–H groups in total. The highest BCUT2D eigenvalue weighted by Crippen LogP contribution is 2.17. The van der Waals surface area contributed by atoms with Crippen LogP contribution in [-0.4, -0.2) is 29.4 Å². The number of hydrogen-bond acceptors (Lipinski definition) is 3. The van der Waals surface area contributed by atoms with Crippen LogP contribution >= 0.6 is 0 Å². The predicted octanol–water partition coefficient (Wildman–Crippen LogP) is 4.29. The number of esters is 1. The molecule has 0 aliphatic heterocycles. The van der Waals surface area contributed by atoms with Crippen LogP contribution in [0.3, 0.4) is 0 Å². The van der Waals surface area contributed by atoms with E-state index in [1.807, 2.05) is 63.3 Å². The Labute approximate surface area is 156 Å². The maximum atomic E-state index is 12.8. The molecule has 4 nitrogen and oxygen atoms in total. The minimum Gasteiger partial charge on any atom is -0.463 e. The van der Waals surface area contributed by atoms with Gasteiger partial charge in [0.2, 0.25) is 5.91 Å². The summed E-state index contributed by atoms with van der Waals surface area (Å²) in [5.41, 5.74) is 1.04. The van der Waals surface area contributed by atoms with Crippen molar-refractivity contribution in [2.24, 2.45) is 5.92 Å². The lowest BCUT2D eigenvalue weighted by Gasteiger charge is -2.32. The largest absolute Gasteiger partial charge is 0.463 e. The van der Waals surface area contributed by atoms with Gasteiger partial charge in [-0.25, -0.2) is 4.79 Å². The number of allylic oxidation sites excluding steroid dienone is 3. The first kappa shape index (κ1) is 21.4. The van der Waals surface area contributed by atoms with Gasteiger partial charge in [0.15, 0.2) is 0 Å². The molecule has 0 radical (unpaired) electrons. The minimum atomic E-state index is -0.394. The molecule has 0 saturated carbocycles. The van der Waals surface area contributed by atoms with Crippen LogP contribution in [0.4, 0.5) is 0 Å². The highest BCUT2D eigenvalue weighted by molar-refractivity contribution is 5.88. The van der Waals surface area contributed by atoms with Crippen LogP contribution in [0.15, 0.2) is 66.8 Å². The second kappa shape index (κ2) is 11.9. The fraction of sp³-hybridized carbons (Fsp3) is 0.364. The van der Waals surface area contributed by atoms with Crippen LogP contribution in [-0.2, 0) is 20.9 Å². The van der Waals surface area contributed by atoms with Crippen molar-refractivity contribution in [1.29, 1.82) is 0 Å². The number of ether oxygens (including phenoxy) is 1. The number of nitrogens with zero attached hydrogens (tertiary/aromatic N) is 1. The molecule has 4 heteroatoms. The predicted molar refractivity (Wildman–Crippen MR) is 105 cm³/mol. The Morgan fingerprint density at radius 2 is 1.81 bits per heavy atom. The second-order valence-corrected chi connectivity index (χ2v) is 6.18. The summed E-state index contributed by atoms with van der Waals surface area (Å²) < 4.78 is 4.96. The lowest BCUT2D eigenvalue weighted by atomic mass is 10.0. The van der Waals surface area contributed by atoms with Gasteiger partial charge in [0.25, 0.3) is 0 Å². The van der Waals surface area contributed by atoms with Gasteiger partial charge >= 0.3 is 5.97 Å². The molecule has 0 aromatic heterocycles. The summed E-state index contributed by atoms with van der Waals surface area (Å²) in [5, 5.41) is 0. The zero-order valence-corrected chi connectivity index (χ0v) is 16.1. The molecule has 1 aromatic carbocycles. The number of rotatable bonds is 9. The van der Waals surface area contributed by atoms with E-state index in [-0.39, 0.29) is 17.9 Å². The maximum Gasteiger partial charge on any atom is 0.330 e. The monoisotopic (exact) mass is 355 g/mol. The van der Waals surface area contributed by atoms with E-state index >= 15 is 0 Å². The topological polar surface area (TPSA) is 46.6 Å². The van der Waals surface area contributed by atoms with Gasteiger partial charge in [0.05, 0.1) is 12.6 Å². The Hall–Kier alpha value is -2.62. The minimum absolute atomic E-state index is 0.0980. The van der Waals surface area contributed by atoms with Crippen molar-refractivity contribution < 1.29 is 14.3 Å². The smallest absolute Gasteiger partial charge is 0.330 e. The summed E-state index contributed by atoms with van der Waals surface area (Å²) in [6.07, 6.45) is 10.1. The van der Waals surface area contributed by atoms with Gasteiger partial charge in [-0.2, -0.15) is 0 Å². The standard InChI is InChI=1S/C22H29NO3/c1-5-7-9-14-21(24)23(17-19-12-10-8-11-13-19)20(18(3)4)15-16-22(25)26-6-2/h5,7-16,18,20H,6,17H2,1-4H3/b7-5+,14-9+,16-15+/t20-/m1/s1. The number of amides is 1. The van der Waals surface area contributed by atoms with E-state index in [1.165, 1.54) is 6.08 Å². The van der Waals surface area contributed by atoms with E-state index in [0.29, 0.717) is 13.2 Å². The molecule has 0 bridgehead atoms. The third-order valence-corrected chi connectivity index (χ3v) is 3.78. The Bertz CT molecular complexity index is 645. The van der Waals surface area contributed by atoms with Crippen LogP contribution in [0.5, 0.6) is 0 Å². The van der Waals surface area contributed by atoms with E-state index in [9.17, 15) is 9.59 Å². The van der Waals surface area contributed by atoms with Crippen LogP contribution in [0.1, 0.15) is 33.3 Å². The Balaban J connectivity index is 3.11. The third kappa shape index (κ3) is 7.51. The fourth-order valence-corrected chi connectivity index (χ4v) is 2.51. The second-order valence-electron chi connectivity index (χ2n) is 6.18. The molecule has 1 aromatic rings. The van der Waals surface area contributed by atoms with Crippen LogP contribution in [0.2, 0.25) is 0 Å². The van der Waals surface area contributed by atoms with Crippen molar-refractivity contribution >= 4 is 11.9 Å². The number of carbonyl (C=O) groups is 2. The van der Waals surface area contributed by atoms with Crippen molar-refractivity contribution in [2.75, 3.05) is 6.61 Å². The molecule has 1 rings (SSSR count). The molecular weight excluding hydrogens is 326 g/mol. The van der Waals surface area contributed by atoms with Crippen LogP contribution < -0.4 is 0 Å². The van der Waals surface area contributed by atoms with E-state index < -0.39 is 5.97 Å². The molecule has 26 heavy (non-hydrogen) atoms. The van der Waals surface area contributed by atoms with Crippen LogP contribution in [0, 0.1) is 5.92 Å². The summed E-state index contributed by atoms with van der Waals surface area (Å²) >= 11 is 0. The molecule has 0 heterocycles. The molecular formula is C22H29NO3. The molecule has 1 amide bonds. The van der Waals surface area contributed by atoms with E-state index in [2.05, 4.69) is 0 Å². The van der Waals surface area contributed by atoms with Crippen LogP contribution in [0.25, 0.3) is 0 Å². The molecule has 0 aliphatic rings. The average molecular weight is 355 g/mol. The summed E-state index contributed by atoms with van der Waals surface area (Å²) in [5.74, 6) is -0.350. The number of carbonyl (C=O) groups excluding carboxylic acids is 2. The zero-order chi connectivity index (χ0) is 19.4. The first-order chi connectivity index (χ1) is 12.5. The Morgan fingerprint density at radius 3 is 2.38 bits per heavy atom. The molecule has 0 fully saturated rings. The van der Waals surface area contributed by atoms with Gasteiger partial charge in [-0.05, 0) is 25.3 Å². The number of benzene rings is 1. The van der Waals surface area contributed by atoms with E-state index in [4.69, 9.17) is 4.74 Å². The van der Waals surface area contributed by atoms with Gasteiger partial charge in [0, 0.05) is 18.7 Å². The highest BCUT2D eigenvalue weighted by atomic mass is 16.5. The van der Waals surface area contributed by atoms with Gasteiger partial charge in [0.1, 0.15) is 0 Å². The van der Waals surface area contributed by atoms with Gasteiger partial charge in [-0.15, -0.1) is 0 Å². The molecule has 0 saturated heterocycles. The normalized spacial score (nSPS) is 13.0. The lowest BCUT2D eigenvalue weighted by molar-refractivity contribution is -0.137. The SMILES string of the molecule is C/C=C/C=C/C(=O)N(Cc1ccccc1)[C@H](/C=C/C(=O)OCC)C(C)C. The third-order valence-electron chi connectivity index (χ3n) is 3.78. The summed E-state index contributed by atoms with van der Waals surface area (Å²) in [4.78, 5) is 26.3. The molecule has 0 unspecified atom stereocenters. The molecule has 140 valence electrons. The molecule has 0 spiro atoms. The molecule has 1 atom stereocenters.